The molecule has 0 fully saturated rings. The molecule has 0 saturated carbocycles. The number of hydrogen-bond acceptors (Lipinski definition) is 3. The van der Waals surface area contributed by atoms with Crippen molar-refractivity contribution in [2.24, 2.45) is 0 Å². The van der Waals surface area contributed by atoms with E-state index in [-0.39, 0.29) is 0 Å². The number of aryl methyl sites for hydroxylation is 1. The summed E-state index contributed by atoms with van der Waals surface area (Å²) in [7, 11) is 0. The normalized spacial score (nSPS) is 10.8. The lowest BCUT2D eigenvalue weighted by atomic mass is 10.1. The smallest absolute Gasteiger partial charge is 0.127 e. The Labute approximate surface area is 128 Å². The summed E-state index contributed by atoms with van der Waals surface area (Å²) in [6, 6.07) is 10.6. The molecule has 3 nitrogen and oxygen atoms in total. The Morgan fingerprint density at radius 1 is 1.14 bits per heavy atom. The van der Waals surface area contributed by atoms with Crippen molar-refractivity contribution in [3.63, 3.8) is 0 Å². The molecule has 2 rings (SSSR count). The highest BCUT2D eigenvalue weighted by atomic mass is 16.3. The monoisotopic (exact) mass is 286 g/mol. The van der Waals surface area contributed by atoms with Crippen molar-refractivity contribution in [2.75, 3.05) is 18.0 Å². The van der Waals surface area contributed by atoms with E-state index in [1.807, 2.05) is 0 Å². The summed E-state index contributed by atoms with van der Waals surface area (Å²) >= 11 is 0. The van der Waals surface area contributed by atoms with Gasteiger partial charge in [0.2, 0.25) is 0 Å². The first-order valence-electron chi connectivity index (χ1n) is 7.82. The maximum Gasteiger partial charge on any atom is 0.127 e. The first kappa shape index (κ1) is 15.6. The molecule has 1 aromatic heterocycles. The largest absolute Gasteiger partial charge is 0.467 e. The van der Waals surface area contributed by atoms with Crippen LogP contribution in [-0.4, -0.2) is 13.1 Å². The molecule has 1 heterocycles. The fourth-order valence-corrected chi connectivity index (χ4v) is 2.52. The molecular formula is C18H26N2O. The van der Waals surface area contributed by atoms with Crippen molar-refractivity contribution in [3.05, 3.63) is 53.5 Å². The van der Waals surface area contributed by atoms with Crippen molar-refractivity contribution in [1.82, 2.24) is 5.32 Å². The molecule has 0 atom stereocenters. The lowest BCUT2D eigenvalue weighted by Gasteiger charge is -2.24. The van der Waals surface area contributed by atoms with E-state index in [1.165, 1.54) is 16.8 Å². The van der Waals surface area contributed by atoms with Crippen LogP contribution in [0.15, 0.2) is 41.0 Å². The fraction of sp³-hybridized carbons (Fsp3) is 0.444. The number of nitrogens with zero attached hydrogens (tertiary/aromatic N) is 1. The Balaban J connectivity index is 2.09. The average Bonchev–Trinajstić information content (AvgIpc) is 2.93. The fourth-order valence-electron chi connectivity index (χ4n) is 2.52. The van der Waals surface area contributed by atoms with Gasteiger partial charge in [0.15, 0.2) is 0 Å². The van der Waals surface area contributed by atoms with Gasteiger partial charge in [-0.15, -0.1) is 0 Å². The third kappa shape index (κ3) is 4.11. The highest BCUT2D eigenvalue weighted by molar-refractivity contribution is 5.53. The number of para-hydroxylation sites is 1. The van der Waals surface area contributed by atoms with Crippen LogP contribution in [0.25, 0.3) is 0 Å². The molecule has 0 unspecified atom stereocenters. The molecule has 0 aliphatic heterocycles. The van der Waals surface area contributed by atoms with E-state index < -0.39 is 0 Å². The van der Waals surface area contributed by atoms with Crippen LogP contribution < -0.4 is 10.2 Å². The highest BCUT2D eigenvalue weighted by Gasteiger charge is 2.12. The minimum atomic E-state index is 0.817. The molecule has 114 valence electrons. The number of hydrogen-bond donors (Lipinski definition) is 1. The van der Waals surface area contributed by atoms with Gasteiger partial charge in [-0.05, 0) is 44.5 Å². The van der Waals surface area contributed by atoms with Gasteiger partial charge < -0.3 is 14.6 Å². The Hall–Kier alpha value is -1.74. The Bertz CT molecular complexity index is 548. The minimum Gasteiger partial charge on any atom is -0.467 e. The molecule has 0 radical (unpaired) electrons. The van der Waals surface area contributed by atoms with Gasteiger partial charge in [-0.3, -0.25) is 0 Å². The number of rotatable bonds is 8. The first-order valence-corrected chi connectivity index (χ1v) is 7.82. The first-order chi connectivity index (χ1) is 10.3. The van der Waals surface area contributed by atoms with Crippen molar-refractivity contribution in [1.29, 1.82) is 0 Å². The number of nitrogens with one attached hydrogen (secondary N) is 1. The number of furan rings is 1. The minimum absolute atomic E-state index is 0.817. The molecule has 2 aromatic rings. The molecule has 0 aliphatic carbocycles. The molecule has 0 amide bonds. The Morgan fingerprint density at radius 3 is 2.67 bits per heavy atom. The SMILES string of the molecule is CCCNCc1ccoc1CN(CC)c1ccccc1C. The highest BCUT2D eigenvalue weighted by Crippen LogP contribution is 2.23. The second-order valence-electron chi connectivity index (χ2n) is 5.35. The quantitative estimate of drug-likeness (QED) is 0.740. The summed E-state index contributed by atoms with van der Waals surface area (Å²) in [5.74, 6) is 1.06. The third-order valence-electron chi connectivity index (χ3n) is 3.75. The standard InChI is InChI=1S/C18H26N2O/c1-4-11-19-13-16-10-12-21-18(16)14-20(5-2)17-9-7-6-8-15(17)3/h6-10,12,19H,4-5,11,13-14H2,1-3H3. The summed E-state index contributed by atoms with van der Waals surface area (Å²) in [6.07, 6.45) is 2.95. The molecule has 0 aliphatic rings. The van der Waals surface area contributed by atoms with Gasteiger partial charge in [-0.1, -0.05) is 25.1 Å². The molecule has 0 saturated heterocycles. The van der Waals surface area contributed by atoms with Crippen LogP contribution >= 0.6 is 0 Å². The zero-order valence-corrected chi connectivity index (χ0v) is 13.4. The third-order valence-corrected chi connectivity index (χ3v) is 3.75. The molecule has 0 spiro atoms. The summed E-state index contributed by atoms with van der Waals surface area (Å²) in [5.41, 5.74) is 3.84. The van der Waals surface area contributed by atoms with Crippen LogP contribution in [-0.2, 0) is 13.1 Å². The summed E-state index contributed by atoms with van der Waals surface area (Å²) in [4.78, 5) is 2.36. The van der Waals surface area contributed by atoms with E-state index in [2.05, 4.69) is 61.3 Å². The average molecular weight is 286 g/mol. The van der Waals surface area contributed by atoms with Gasteiger partial charge in [0.1, 0.15) is 5.76 Å². The van der Waals surface area contributed by atoms with Crippen LogP contribution in [0.3, 0.4) is 0 Å². The second kappa shape index (κ2) is 7.89. The van der Waals surface area contributed by atoms with E-state index in [0.29, 0.717) is 0 Å². The zero-order valence-electron chi connectivity index (χ0n) is 13.4. The van der Waals surface area contributed by atoms with E-state index in [1.54, 1.807) is 6.26 Å². The van der Waals surface area contributed by atoms with Gasteiger partial charge in [0.25, 0.3) is 0 Å². The molecule has 3 heteroatoms. The molecular weight excluding hydrogens is 260 g/mol. The van der Waals surface area contributed by atoms with Crippen LogP contribution in [0.2, 0.25) is 0 Å². The zero-order chi connectivity index (χ0) is 15.1. The van der Waals surface area contributed by atoms with E-state index in [0.717, 1.165) is 38.4 Å². The van der Waals surface area contributed by atoms with E-state index in [9.17, 15) is 0 Å². The van der Waals surface area contributed by atoms with Crippen LogP contribution in [0, 0.1) is 6.92 Å². The lowest BCUT2D eigenvalue weighted by Crippen LogP contribution is -2.24. The molecule has 1 N–H and O–H groups in total. The Morgan fingerprint density at radius 2 is 1.95 bits per heavy atom. The van der Waals surface area contributed by atoms with Crippen LogP contribution in [0.5, 0.6) is 0 Å². The molecule has 21 heavy (non-hydrogen) atoms. The maximum atomic E-state index is 5.71. The molecule has 0 bridgehead atoms. The number of anilines is 1. The van der Waals surface area contributed by atoms with Gasteiger partial charge in [-0.25, -0.2) is 0 Å². The number of benzene rings is 1. The van der Waals surface area contributed by atoms with E-state index >= 15 is 0 Å². The van der Waals surface area contributed by atoms with Crippen molar-refractivity contribution < 1.29 is 4.42 Å². The summed E-state index contributed by atoms with van der Waals surface area (Å²) in [5, 5.41) is 3.44. The van der Waals surface area contributed by atoms with Gasteiger partial charge in [0, 0.05) is 24.3 Å². The van der Waals surface area contributed by atoms with Crippen molar-refractivity contribution in [2.45, 2.75) is 40.3 Å². The van der Waals surface area contributed by atoms with E-state index in [4.69, 9.17) is 4.42 Å². The Kier molecular flexibility index (Phi) is 5.88. The van der Waals surface area contributed by atoms with Gasteiger partial charge in [0.05, 0.1) is 12.8 Å². The van der Waals surface area contributed by atoms with Crippen LogP contribution in [0.1, 0.15) is 37.2 Å². The predicted octanol–water partition coefficient (Wildman–Crippen LogP) is 4.11. The van der Waals surface area contributed by atoms with Gasteiger partial charge >= 0.3 is 0 Å². The summed E-state index contributed by atoms with van der Waals surface area (Å²) < 4.78 is 5.71. The van der Waals surface area contributed by atoms with Crippen molar-refractivity contribution in [3.8, 4) is 0 Å². The van der Waals surface area contributed by atoms with Crippen LogP contribution in [0.4, 0.5) is 5.69 Å². The summed E-state index contributed by atoms with van der Waals surface area (Å²) in [6.45, 7) is 10.2. The second-order valence-corrected chi connectivity index (χ2v) is 5.35. The topological polar surface area (TPSA) is 28.4 Å². The van der Waals surface area contributed by atoms with Crippen molar-refractivity contribution >= 4 is 5.69 Å². The predicted molar refractivity (Wildman–Crippen MR) is 88.6 cm³/mol. The van der Waals surface area contributed by atoms with Gasteiger partial charge in [-0.2, -0.15) is 0 Å². The molecule has 1 aromatic carbocycles. The maximum absolute atomic E-state index is 5.71. The lowest BCUT2D eigenvalue weighted by molar-refractivity contribution is 0.495.